The summed E-state index contributed by atoms with van der Waals surface area (Å²) in [6.45, 7) is 0. The lowest BCUT2D eigenvalue weighted by atomic mass is 10.2. The largest absolute Gasteiger partial charge is 0.497 e. The van der Waals surface area contributed by atoms with Crippen molar-refractivity contribution >= 4 is 22.3 Å². The van der Waals surface area contributed by atoms with E-state index in [1.807, 2.05) is 36.4 Å². The third-order valence-electron chi connectivity index (χ3n) is 2.79. The second-order valence-corrected chi connectivity index (χ2v) is 5.98. The van der Waals surface area contributed by atoms with E-state index in [0.717, 1.165) is 5.56 Å². The van der Waals surface area contributed by atoms with Crippen LogP contribution in [0.5, 0.6) is 5.75 Å². The summed E-state index contributed by atoms with van der Waals surface area (Å²) in [5, 5.41) is 3.70. The first-order valence-corrected chi connectivity index (χ1v) is 8.01. The fourth-order valence-corrected chi connectivity index (χ4v) is 2.47. The summed E-state index contributed by atoms with van der Waals surface area (Å²) in [5.41, 5.74) is 1.01. The molecule has 6 heteroatoms. The maximum absolute atomic E-state index is 12.0. The zero-order chi connectivity index (χ0) is 15.8. The molecule has 0 aliphatic rings. The highest BCUT2D eigenvalue weighted by molar-refractivity contribution is 7.89. The fraction of sp³-hybridized carbons (Fsp3) is 0.0625. The van der Waals surface area contributed by atoms with Crippen molar-refractivity contribution in [3.05, 3.63) is 66.2 Å². The molecular formula is C16H16N2O3S. The van der Waals surface area contributed by atoms with E-state index in [-0.39, 0.29) is 4.90 Å². The summed E-state index contributed by atoms with van der Waals surface area (Å²) in [4.78, 5) is 2.27. The molecule has 0 radical (unpaired) electrons. The van der Waals surface area contributed by atoms with Crippen molar-refractivity contribution in [1.82, 2.24) is 4.83 Å². The van der Waals surface area contributed by atoms with Gasteiger partial charge in [0.05, 0.1) is 12.0 Å². The second kappa shape index (κ2) is 7.42. The number of nitrogens with one attached hydrogen (secondary N) is 1. The first-order chi connectivity index (χ1) is 10.6. The van der Waals surface area contributed by atoms with Crippen LogP contribution in [-0.2, 0) is 10.0 Å². The molecule has 0 amide bonds. The zero-order valence-corrected chi connectivity index (χ0v) is 12.8. The topological polar surface area (TPSA) is 67.8 Å². The lowest BCUT2D eigenvalue weighted by Gasteiger charge is -2.04. The minimum atomic E-state index is -3.67. The molecule has 2 rings (SSSR count). The van der Waals surface area contributed by atoms with Gasteiger partial charge in [-0.15, -0.1) is 0 Å². The van der Waals surface area contributed by atoms with Crippen LogP contribution in [0.3, 0.4) is 0 Å². The number of benzene rings is 2. The molecule has 0 saturated carbocycles. The number of hydrogen-bond donors (Lipinski definition) is 1. The SMILES string of the molecule is COc1ccc(S(=O)(=O)N/N=C/C=C/c2ccccc2)cc1. The van der Waals surface area contributed by atoms with E-state index in [2.05, 4.69) is 9.93 Å². The molecule has 114 valence electrons. The predicted octanol–water partition coefficient (Wildman–Crippen LogP) is 2.67. The van der Waals surface area contributed by atoms with Gasteiger partial charge in [0, 0.05) is 6.21 Å². The fourth-order valence-electron chi connectivity index (χ4n) is 1.67. The molecule has 2 aromatic rings. The zero-order valence-electron chi connectivity index (χ0n) is 12.0. The van der Waals surface area contributed by atoms with Crippen LogP contribution in [0.25, 0.3) is 6.08 Å². The minimum Gasteiger partial charge on any atom is -0.497 e. The summed E-state index contributed by atoms with van der Waals surface area (Å²) in [7, 11) is -2.15. The van der Waals surface area contributed by atoms with Crippen LogP contribution < -0.4 is 9.57 Å². The van der Waals surface area contributed by atoms with E-state index in [1.165, 1.54) is 25.5 Å². The van der Waals surface area contributed by atoms with Gasteiger partial charge in [0.15, 0.2) is 0 Å². The van der Waals surface area contributed by atoms with Gasteiger partial charge in [-0.1, -0.05) is 36.4 Å². The Balaban J connectivity index is 1.97. The van der Waals surface area contributed by atoms with Gasteiger partial charge >= 0.3 is 0 Å². The molecular weight excluding hydrogens is 300 g/mol. The molecule has 0 aliphatic carbocycles. The Hall–Kier alpha value is -2.60. The summed E-state index contributed by atoms with van der Waals surface area (Å²) >= 11 is 0. The predicted molar refractivity (Wildman–Crippen MR) is 87.3 cm³/mol. The van der Waals surface area contributed by atoms with E-state index in [4.69, 9.17) is 4.74 Å². The summed E-state index contributed by atoms with van der Waals surface area (Å²) in [5.74, 6) is 0.591. The van der Waals surface area contributed by atoms with Crippen molar-refractivity contribution < 1.29 is 13.2 Å². The number of nitrogens with zero attached hydrogens (tertiary/aromatic N) is 1. The van der Waals surface area contributed by atoms with Crippen LogP contribution in [0, 0.1) is 0 Å². The number of rotatable bonds is 6. The van der Waals surface area contributed by atoms with Crippen LogP contribution in [0.15, 0.2) is 70.7 Å². The van der Waals surface area contributed by atoms with Crippen LogP contribution in [0.4, 0.5) is 0 Å². The van der Waals surface area contributed by atoms with Gasteiger partial charge in [-0.2, -0.15) is 13.5 Å². The number of hydrogen-bond acceptors (Lipinski definition) is 4. The van der Waals surface area contributed by atoms with Crippen molar-refractivity contribution in [2.75, 3.05) is 7.11 Å². The highest BCUT2D eigenvalue weighted by atomic mass is 32.2. The number of ether oxygens (including phenoxy) is 1. The summed E-state index contributed by atoms with van der Waals surface area (Å²) in [6, 6.07) is 15.7. The molecule has 0 unspecified atom stereocenters. The molecule has 0 atom stereocenters. The molecule has 1 N–H and O–H groups in total. The van der Waals surface area contributed by atoms with Gasteiger partial charge < -0.3 is 4.74 Å². The lowest BCUT2D eigenvalue weighted by Crippen LogP contribution is -2.17. The number of methoxy groups -OCH3 is 1. The average Bonchev–Trinajstić information content (AvgIpc) is 2.55. The van der Waals surface area contributed by atoms with Crippen molar-refractivity contribution in [2.45, 2.75) is 4.90 Å². The molecule has 5 nitrogen and oxygen atoms in total. The van der Waals surface area contributed by atoms with Crippen LogP contribution in [0.1, 0.15) is 5.56 Å². The molecule has 0 fully saturated rings. The van der Waals surface area contributed by atoms with Crippen LogP contribution >= 0.6 is 0 Å². The summed E-state index contributed by atoms with van der Waals surface area (Å²) < 4.78 is 28.9. The first kappa shape index (κ1) is 15.8. The maximum Gasteiger partial charge on any atom is 0.276 e. The van der Waals surface area contributed by atoms with Crippen molar-refractivity contribution in [2.24, 2.45) is 5.10 Å². The van der Waals surface area contributed by atoms with Gasteiger partial charge in [-0.05, 0) is 35.9 Å². The van der Waals surface area contributed by atoms with Crippen molar-refractivity contribution in [3.63, 3.8) is 0 Å². The Bertz CT molecular complexity index is 752. The monoisotopic (exact) mass is 316 g/mol. The first-order valence-electron chi connectivity index (χ1n) is 6.52. The Labute approximate surface area is 130 Å². The highest BCUT2D eigenvalue weighted by Gasteiger charge is 2.11. The summed E-state index contributed by atoms with van der Waals surface area (Å²) in [6.07, 6.45) is 4.87. The third kappa shape index (κ3) is 4.46. The smallest absolute Gasteiger partial charge is 0.276 e. The number of allylic oxidation sites excluding steroid dienone is 1. The number of sulfonamides is 1. The minimum absolute atomic E-state index is 0.123. The van der Waals surface area contributed by atoms with Gasteiger partial charge in [-0.25, -0.2) is 4.83 Å². The molecule has 0 heterocycles. The standard InChI is InChI=1S/C16H16N2O3S/c1-21-15-9-11-16(12-10-15)22(19,20)18-17-13-5-8-14-6-3-2-4-7-14/h2-13,18H,1H3/b8-5+,17-13+. The van der Waals surface area contributed by atoms with E-state index < -0.39 is 10.0 Å². The molecule has 0 saturated heterocycles. The Morgan fingerprint density at radius 2 is 1.73 bits per heavy atom. The third-order valence-corrected chi connectivity index (χ3v) is 4.03. The van der Waals surface area contributed by atoms with Gasteiger partial charge in [0.2, 0.25) is 0 Å². The molecule has 22 heavy (non-hydrogen) atoms. The normalized spacial score (nSPS) is 11.9. The van der Waals surface area contributed by atoms with E-state index in [1.54, 1.807) is 18.2 Å². The Morgan fingerprint density at radius 1 is 1.05 bits per heavy atom. The molecule has 0 aliphatic heterocycles. The van der Waals surface area contributed by atoms with Gasteiger partial charge in [-0.3, -0.25) is 0 Å². The highest BCUT2D eigenvalue weighted by Crippen LogP contribution is 2.15. The second-order valence-electron chi connectivity index (χ2n) is 4.32. The quantitative estimate of drug-likeness (QED) is 0.658. The lowest BCUT2D eigenvalue weighted by molar-refractivity contribution is 0.414. The molecule has 0 bridgehead atoms. The van der Waals surface area contributed by atoms with Gasteiger partial charge in [0.25, 0.3) is 10.0 Å². The van der Waals surface area contributed by atoms with Gasteiger partial charge in [0.1, 0.15) is 5.75 Å². The Kier molecular flexibility index (Phi) is 5.32. The van der Waals surface area contributed by atoms with Crippen molar-refractivity contribution in [1.29, 1.82) is 0 Å². The molecule has 0 aromatic heterocycles. The van der Waals surface area contributed by atoms with E-state index >= 15 is 0 Å². The van der Waals surface area contributed by atoms with E-state index in [0.29, 0.717) is 5.75 Å². The van der Waals surface area contributed by atoms with Crippen molar-refractivity contribution in [3.8, 4) is 5.75 Å². The molecule has 0 spiro atoms. The van der Waals surface area contributed by atoms with Crippen LogP contribution in [-0.4, -0.2) is 21.7 Å². The number of hydrazone groups is 1. The Morgan fingerprint density at radius 3 is 2.36 bits per heavy atom. The van der Waals surface area contributed by atoms with E-state index in [9.17, 15) is 8.42 Å². The maximum atomic E-state index is 12.0. The van der Waals surface area contributed by atoms with Crippen LogP contribution in [0.2, 0.25) is 0 Å². The molecule has 2 aromatic carbocycles. The average molecular weight is 316 g/mol.